The maximum Gasteiger partial charge on any atom is 0.0456 e. The van der Waals surface area contributed by atoms with Crippen molar-refractivity contribution in [1.82, 2.24) is 10.3 Å². The summed E-state index contributed by atoms with van der Waals surface area (Å²) in [5.41, 5.74) is 2.57. The summed E-state index contributed by atoms with van der Waals surface area (Å²) in [6.45, 7) is 5.56. The summed E-state index contributed by atoms with van der Waals surface area (Å²) < 4.78 is 0. The van der Waals surface area contributed by atoms with Gasteiger partial charge in [-0.2, -0.15) is 0 Å². The van der Waals surface area contributed by atoms with Gasteiger partial charge in [0, 0.05) is 23.7 Å². The molecule has 2 nitrogen and oxygen atoms in total. The molecule has 1 heterocycles. The highest BCUT2D eigenvalue weighted by Gasteiger charge is 2.16. The Kier molecular flexibility index (Phi) is 3.30. The van der Waals surface area contributed by atoms with Crippen LogP contribution in [0.15, 0.2) is 30.3 Å². The SMILES string of the molecule is CNCC(c1cc2ccccc2[nH]1)C(C)C. The van der Waals surface area contributed by atoms with Gasteiger partial charge >= 0.3 is 0 Å². The van der Waals surface area contributed by atoms with Crippen LogP contribution < -0.4 is 5.32 Å². The molecule has 2 N–H and O–H groups in total. The fourth-order valence-corrected chi connectivity index (χ4v) is 2.22. The van der Waals surface area contributed by atoms with Crippen LogP contribution in [0.4, 0.5) is 0 Å². The molecule has 16 heavy (non-hydrogen) atoms. The maximum atomic E-state index is 3.52. The summed E-state index contributed by atoms with van der Waals surface area (Å²) >= 11 is 0. The van der Waals surface area contributed by atoms with Crippen molar-refractivity contribution in [3.05, 3.63) is 36.0 Å². The standard InChI is InChI=1S/C14H20N2/c1-10(2)12(9-15-3)14-8-11-6-4-5-7-13(11)16-14/h4-8,10,12,15-16H,9H2,1-3H3. The largest absolute Gasteiger partial charge is 0.358 e. The summed E-state index contributed by atoms with van der Waals surface area (Å²) in [4.78, 5) is 3.52. The van der Waals surface area contributed by atoms with Crippen molar-refractivity contribution in [3.63, 3.8) is 0 Å². The maximum absolute atomic E-state index is 3.52. The molecule has 0 aliphatic heterocycles. The minimum Gasteiger partial charge on any atom is -0.358 e. The fraction of sp³-hybridized carbons (Fsp3) is 0.429. The third-order valence-corrected chi connectivity index (χ3v) is 3.18. The molecule has 86 valence electrons. The van der Waals surface area contributed by atoms with Gasteiger partial charge in [-0.15, -0.1) is 0 Å². The molecule has 0 amide bonds. The Hall–Kier alpha value is -1.28. The second kappa shape index (κ2) is 4.71. The van der Waals surface area contributed by atoms with Gasteiger partial charge in [-0.1, -0.05) is 32.0 Å². The number of hydrogen-bond donors (Lipinski definition) is 2. The normalized spacial score (nSPS) is 13.5. The molecule has 1 aromatic carbocycles. The molecule has 0 bridgehead atoms. The number of nitrogens with one attached hydrogen (secondary N) is 2. The quantitative estimate of drug-likeness (QED) is 0.807. The summed E-state index contributed by atoms with van der Waals surface area (Å²) in [6, 6.07) is 10.7. The molecule has 0 saturated heterocycles. The van der Waals surface area contributed by atoms with Crippen molar-refractivity contribution >= 4 is 10.9 Å². The first-order valence-electron chi connectivity index (χ1n) is 5.94. The van der Waals surface area contributed by atoms with E-state index in [0.29, 0.717) is 11.8 Å². The lowest BCUT2D eigenvalue weighted by molar-refractivity contribution is 0.471. The topological polar surface area (TPSA) is 27.8 Å². The lowest BCUT2D eigenvalue weighted by Crippen LogP contribution is -2.21. The molecular formula is C14H20N2. The van der Waals surface area contributed by atoms with E-state index in [1.807, 2.05) is 7.05 Å². The van der Waals surface area contributed by atoms with E-state index in [4.69, 9.17) is 0 Å². The predicted octanol–water partition coefficient (Wildman–Crippen LogP) is 3.13. The Morgan fingerprint density at radius 1 is 1.25 bits per heavy atom. The lowest BCUT2D eigenvalue weighted by Gasteiger charge is -2.19. The van der Waals surface area contributed by atoms with Crippen LogP contribution in [-0.2, 0) is 0 Å². The van der Waals surface area contributed by atoms with Gasteiger partial charge in [-0.25, -0.2) is 0 Å². The number of rotatable bonds is 4. The van der Waals surface area contributed by atoms with E-state index in [-0.39, 0.29) is 0 Å². The van der Waals surface area contributed by atoms with Gasteiger partial charge in [0.25, 0.3) is 0 Å². The van der Waals surface area contributed by atoms with E-state index in [2.05, 4.69) is 54.5 Å². The van der Waals surface area contributed by atoms with Crippen LogP contribution in [0.25, 0.3) is 10.9 Å². The van der Waals surface area contributed by atoms with Crippen LogP contribution >= 0.6 is 0 Å². The molecule has 2 heteroatoms. The Labute approximate surface area is 97.1 Å². The molecule has 0 aliphatic carbocycles. The van der Waals surface area contributed by atoms with Crippen molar-refractivity contribution in [2.24, 2.45) is 5.92 Å². The molecule has 1 unspecified atom stereocenters. The smallest absolute Gasteiger partial charge is 0.0456 e. The molecule has 0 radical (unpaired) electrons. The number of benzene rings is 1. The van der Waals surface area contributed by atoms with E-state index >= 15 is 0 Å². The van der Waals surface area contributed by atoms with E-state index in [9.17, 15) is 0 Å². The Bertz CT molecular complexity index is 423. The van der Waals surface area contributed by atoms with Gasteiger partial charge in [0.15, 0.2) is 0 Å². The number of fused-ring (bicyclic) bond motifs is 1. The average Bonchev–Trinajstić information content (AvgIpc) is 2.68. The minimum absolute atomic E-state index is 0.553. The van der Waals surface area contributed by atoms with Crippen molar-refractivity contribution in [2.75, 3.05) is 13.6 Å². The van der Waals surface area contributed by atoms with Crippen LogP contribution in [-0.4, -0.2) is 18.6 Å². The molecule has 0 saturated carbocycles. The average molecular weight is 216 g/mol. The minimum atomic E-state index is 0.553. The zero-order chi connectivity index (χ0) is 11.5. The Morgan fingerprint density at radius 3 is 2.62 bits per heavy atom. The fourth-order valence-electron chi connectivity index (χ4n) is 2.22. The van der Waals surface area contributed by atoms with Crippen LogP contribution in [0.1, 0.15) is 25.5 Å². The monoisotopic (exact) mass is 216 g/mol. The van der Waals surface area contributed by atoms with E-state index in [1.54, 1.807) is 0 Å². The first kappa shape index (κ1) is 11.2. The number of aromatic nitrogens is 1. The van der Waals surface area contributed by atoms with Gasteiger partial charge in [-0.3, -0.25) is 0 Å². The zero-order valence-corrected chi connectivity index (χ0v) is 10.2. The van der Waals surface area contributed by atoms with Crippen LogP contribution in [0.3, 0.4) is 0 Å². The summed E-state index contributed by atoms with van der Waals surface area (Å²) in [7, 11) is 2.01. The van der Waals surface area contributed by atoms with Crippen LogP contribution in [0, 0.1) is 5.92 Å². The molecule has 0 spiro atoms. The third kappa shape index (κ3) is 2.12. The zero-order valence-electron chi connectivity index (χ0n) is 10.2. The van der Waals surface area contributed by atoms with Crippen LogP contribution in [0.5, 0.6) is 0 Å². The highest BCUT2D eigenvalue weighted by Crippen LogP contribution is 2.26. The van der Waals surface area contributed by atoms with Gasteiger partial charge in [-0.05, 0) is 30.5 Å². The molecule has 2 aromatic rings. The molecule has 0 fully saturated rings. The molecule has 1 atom stereocenters. The first-order valence-corrected chi connectivity index (χ1v) is 5.94. The number of para-hydroxylation sites is 1. The van der Waals surface area contributed by atoms with Gasteiger partial charge in [0.05, 0.1) is 0 Å². The van der Waals surface area contributed by atoms with Gasteiger partial charge in [0.2, 0.25) is 0 Å². The van der Waals surface area contributed by atoms with Gasteiger partial charge < -0.3 is 10.3 Å². The summed E-state index contributed by atoms with van der Waals surface area (Å²) in [5.74, 6) is 1.19. The van der Waals surface area contributed by atoms with Crippen molar-refractivity contribution in [1.29, 1.82) is 0 Å². The number of hydrogen-bond acceptors (Lipinski definition) is 1. The number of aromatic amines is 1. The van der Waals surface area contributed by atoms with Crippen LogP contribution in [0.2, 0.25) is 0 Å². The van der Waals surface area contributed by atoms with Gasteiger partial charge in [0.1, 0.15) is 0 Å². The number of H-pyrrole nitrogens is 1. The van der Waals surface area contributed by atoms with Crippen molar-refractivity contribution < 1.29 is 0 Å². The second-order valence-electron chi connectivity index (χ2n) is 4.72. The van der Waals surface area contributed by atoms with Crippen molar-refractivity contribution in [3.8, 4) is 0 Å². The Morgan fingerprint density at radius 2 is 2.00 bits per heavy atom. The summed E-state index contributed by atoms with van der Waals surface area (Å²) in [6.07, 6.45) is 0. The van der Waals surface area contributed by atoms with E-state index < -0.39 is 0 Å². The Balaban J connectivity index is 2.37. The summed E-state index contributed by atoms with van der Waals surface area (Å²) in [5, 5.41) is 4.58. The first-order chi connectivity index (χ1) is 7.72. The molecule has 2 rings (SSSR count). The molecule has 0 aliphatic rings. The van der Waals surface area contributed by atoms with E-state index in [1.165, 1.54) is 16.6 Å². The molecular weight excluding hydrogens is 196 g/mol. The number of likely N-dealkylation sites (N-methyl/N-ethyl adjacent to an activating group) is 1. The molecule has 1 aromatic heterocycles. The van der Waals surface area contributed by atoms with E-state index in [0.717, 1.165) is 6.54 Å². The third-order valence-electron chi connectivity index (χ3n) is 3.18. The highest BCUT2D eigenvalue weighted by atomic mass is 14.8. The second-order valence-corrected chi connectivity index (χ2v) is 4.72. The van der Waals surface area contributed by atoms with Crippen molar-refractivity contribution in [2.45, 2.75) is 19.8 Å². The predicted molar refractivity (Wildman–Crippen MR) is 69.8 cm³/mol. The highest BCUT2D eigenvalue weighted by molar-refractivity contribution is 5.80. The lowest BCUT2D eigenvalue weighted by atomic mass is 9.92.